The second-order valence-corrected chi connectivity index (χ2v) is 4.35. The minimum atomic E-state index is -0.822. The molecule has 0 amide bonds. The van der Waals surface area contributed by atoms with E-state index in [0.29, 0.717) is 36.3 Å². The first-order valence-corrected chi connectivity index (χ1v) is 5.90. The van der Waals surface area contributed by atoms with E-state index in [0.717, 1.165) is 0 Å². The summed E-state index contributed by atoms with van der Waals surface area (Å²) in [5, 5.41) is 8.68. The van der Waals surface area contributed by atoms with E-state index in [2.05, 4.69) is 4.98 Å². The number of rotatable bonds is 5. The highest BCUT2D eigenvalue weighted by molar-refractivity contribution is 6.34. The molecule has 96 valence electrons. The van der Waals surface area contributed by atoms with Gasteiger partial charge in [0.2, 0.25) is 0 Å². The third kappa shape index (κ3) is 2.98. The number of fused-ring (bicyclic) bond motifs is 1. The van der Waals surface area contributed by atoms with Crippen molar-refractivity contribution in [2.24, 2.45) is 0 Å². The van der Waals surface area contributed by atoms with Crippen LogP contribution >= 0.6 is 11.6 Å². The highest BCUT2D eigenvalue weighted by atomic mass is 35.5. The minimum Gasteiger partial charge on any atom is -0.481 e. The molecule has 0 unspecified atom stereocenters. The lowest BCUT2D eigenvalue weighted by Gasteiger charge is -1.94. The van der Waals surface area contributed by atoms with Gasteiger partial charge >= 0.3 is 5.97 Å². The Kier molecular flexibility index (Phi) is 3.81. The number of aromatic nitrogens is 1. The quantitative estimate of drug-likeness (QED) is 0.847. The lowest BCUT2D eigenvalue weighted by atomic mass is 10.2. The van der Waals surface area contributed by atoms with Gasteiger partial charge in [0.15, 0.2) is 11.5 Å². The summed E-state index contributed by atoms with van der Waals surface area (Å²) < 4.78 is 18.5. The van der Waals surface area contributed by atoms with Gasteiger partial charge in [0.25, 0.3) is 0 Å². The summed E-state index contributed by atoms with van der Waals surface area (Å²) in [4.78, 5) is 14.4. The summed E-state index contributed by atoms with van der Waals surface area (Å²) >= 11 is 5.83. The van der Waals surface area contributed by atoms with E-state index in [-0.39, 0.29) is 11.4 Å². The Morgan fingerprint density at radius 3 is 2.94 bits per heavy atom. The fourth-order valence-corrected chi connectivity index (χ4v) is 1.90. The molecular weight excluding hydrogens is 261 g/mol. The van der Waals surface area contributed by atoms with Crippen LogP contribution in [-0.4, -0.2) is 16.1 Å². The fourth-order valence-electron chi connectivity index (χ4n) is 1.67. The Bertz CT molecular complexity index is 582. The topological polar surface area (TPSA) is 63.3 Å². The number of aryl methyl sites for hydroxylation is 1. The Morgan fingerprint density at radius 2 is 2.22 bits per heavy atom. The largest absolute Gasteiger partial charge is 0.481 e. The van der Waals surface area contributed by atoms with E-state index < -0.39 is 11.8 Å². The second kappa shape index (κ2) is 5.35. The van der Waals surface area contributed by atoms with Crippen LogP contribution in [0.25, 0.3) is 11.1 Å². The van der Waals surface area contributed by atoms with Gasteiger partial charge in [-0.1, -0.05) is 11.6 Å². The van der Waals surface area contributed by atoms with Gasteiger partial charge in [0.1, 0.15) is 11.3 Å². The summed E-state index contributed by atoms with van der Waals surface area (Å²) in [6.45, 7) is 0. The Balaban J connectivity index is 2.06. The van der Waals surface area contributed by atoms with Crippen molar-refractivity contribution in [1.82, 2.24) is 4.98 Å². The van der Waals surface area contributed by atoms with E-state index in [1.165, 1.54) is 12.1 Å². The minimum absolute atomic E-state index is 0.121. The summed E-state index contributed by atoms with van der Waals surface area (Å²) in [7, 11) is 0. The summed E-state index contributed by atoms with van der Waals surface area (Å²) in [5.41, 5.74) is 0.750. The van der Waals surface area contributed by atoms with Crippen LogP contribution in [0.3, 0.4) is 0 Å². The first kappa shape index (κ1) is 12.8. The number of carboxylic acids is 1. The van der Waals surface area contributed by atoms with E-state index in [9.17, 15) is 9.18 Å². The van der Waals surface area contributed by atoms with Crippen molar-refractivity contribution in [3.63, 3.8) is 0 Å². The average molecular weight is 272 g/mol. The molecule has 1 aromatic heterocycles. The molecular formula is C12H11ClFNO3. The molecule has 0 radical (unpaired) electrons. The van der Waals surface area contributed by atoms with Gasteiger partial charge in [-0.3, -0.25) is 4.79 Å². The normalized spacial score (nSPS) is 11.0. The Morgan fingerprint density at radius 1 is 1.44 bits per heavy atom. The standard InChI is InChI=1S/C12H11ClFNO3/c13-8-5-7(14)6-9-12(8)18-10(15-9)3-1-2-4-11(16)17/h5-6H,1-4H2,(H,16,17). The number of benzene rings is 1. The zero-order valence-electron chi connectivity index (χ0n) is 9.45. The Labute approximate surface area is 107 Å². The first-order chi connectivity index (χ1) is 8.56. The van der Waals surface area contributed by atoms with Crippen LogP contribution in [-0.2, 0) is 11.2 Å². The molecule has 0 aliphatic carbocycles. The monoisotopic (exact) mass is 271 g/mol. The molecule has 0 saturated carbocycles. The maximum atomic E-state index is 13.1. The molecule has 0 spiro atoms. The molecule has 18 heavy (non-hydrogen) atoms. The molecule has 1 aromatic carbocycles. The van der Waals surface area contributed by atoms with Gasteiger partial charge in [-0.2, -0.15) is 0 Å². The Hall–Kier alpha value is -1.62. The van der Waals surface area contributed by atoms with Crippen molar-refractivity contribution in [3.8, 4) is 0 Å². The van der Waals surface area contributed by atoms with Crippen LogP contribution in [0.5, 0.6) is 0 Å². The predicted octanol–water partition coefficient (Wildman–Crippen LogP) is 3.42. The van der Waals surface area contributed by atoms with Crippen molar-refractivity contribution in [1.29, 1.82) is 0 Å². The molecule has 6 heteroatoms. The van der Waals surface area contributed by atoms with Crippen molar-refractivity contribution in [2.75, 3.05) is 0 Å². The number of oxazole rings is 1. The predicted molar refractivity (Wildman–Crippen MR) is 64.2 cm³/mol. The maximum Gasteiger partial charge on any atom is 0.303 e. The number of halogens is 2. The van der Waals surface area contributed by atoms with Crippen LogP contribution in [0.1, 0.15) is 25.2 Å². The third-order valence-corrected chi connectivity index (χ3v) is 2.77. The zero-order valence-corrected chi connectivity index (χ0v) is 10.2. The molecule has 1 heterocycles. The van der Waals surface area contributed by atoms with Gasteiger partial charge < -0.3 is 9.52 Å². The van der Waals surface area contributed by atoms with Crippen LogP contribution in [0, 0.1) is 5.82 Å². The number of carboxylic acid groups (broad SMARTS) is 1. The van der Waals surface area contributed by atoms with Gasteiger partial charge in [-0.15, -0.1) is 0 Å². The van der Waals surface area contributed by atoms with Crippen molar-refractivity contribution >= 4 is 28.7 Å². The van der Waals surface area contributed by atoms with Crippen LogP contribution < -0.4 is 0 Å². The summed E-state index contributed by atoms with van der Waals surface area (Å²) in [6, 6.07) is 2.43. The molecule has 0 fully saturated rings. The van der Waals surface area contributed by atoms with Crippen LogP contribution in [0.2, 0.25) is 5.02 Å². The van der Waals surface area contributed by atoms with Crippen molar-refractivity contribution < 1.29 is 18.7 Å². The zero-order chi connectivity index (χ0) is 13.1. The van der Waals surface area contributed by atoms with Gasteiger partial charge in [-0.25, -0.2) is 9.37 Å². The average Bonchev–Trinajstić information content (AvgIpc) is 2.67. The van der Waals surface area contributed by atoms with Gasteiger partial charge in [0.05, 0.1) is 5.02 Å². The first-order valence-electron chi connectivity index (χ1n) is 5.52. The van der Waals surface area contributed by atoms with Gasteiger partial charge in [0, 0.05) is 18.9 Å². The number of aliphatic carboxylic acids is 1. The molecule has 0 saturated heterocycles. The fraction of sp³-hybridized carbons (Fsp3) is 0.333. The lowest BCUT2D eigenvalue weighted by molar-refractivity contribution is -0.137. The van der Waals surface area contributed by atoms with E-state index in [4.69, 9.17) is 21.1 Å². The smallest absolute Gasteiger partial charge is 0.303 e. The molecule has 0 bridgehead atoms. The van der Waals surface area contributed by atoms with Gasteiger partial charge in [-0.05, 0) is 18.9 Å². The number of hydrogen-bond acceptors (Lipinski definition) is 3. The number of hydrogen-bond donors (Lipinski definition) is 1. The number of carbonyl (C=O) groups is 1. The molecule has 0 atom stereocenters. The summed E-state index contributed by atoms with van der Waals surface area (Å²) in [5.74, 6) is -0.834. The summed E-state index contributed by atoms with van der Waals surface area (Å²) in [6.07, 6.45) is 1.84. The maximum absolute atomic E-state index is 13.1. The SMILES string of the molecule is O=C(O)CCCCc1nc2cc(F)cc(Cl)c2o1. The highest BCUT2D eigenvalue weighted by Gasteiger charge is 2.11. The third-order valence-electron chi connectivity index (χ3n) is 2.49. The van der Waals surface area contributed by atoms with E-state index in [1.807, 2.05) is 0 Å². The molecule has 2 aromatic rings. The molecule has 0 aliphatic heterocycles. The second-order valence-electron chi connectivity index (χ2n) is 3.94. The molecule has 0 aliphatic rings. The molecule has 4 nitrogen and oxygen atoms in total. The highest BCUT2D eigenvalue weighted by Crippen LogP contribution is 2.26. The van der Waals surface area contributed by atoms with Crippen molar-refractivity contribution in [2.45, 2.75) is 25.7 Å². The number of unbranched alkanes of at least 4 members (excludes halogenated alkanes) is 1. The molecule has 1 N–H and O–H groups in total. The molecule has 2 rings (SSSR count). The lowest BCUT2D eigenvalue weighted by Crippen LogP contribution is -1.94. The van der Waals surface area contributed by atoms with Crippen LogP contribution in [0.4, 0.5) is 4.39 Å². The van der Waals surface area contributed by atoms with E-state index >= 15 is 0 Å². The van der Waals surface area contributed by atoms with Crippen LogP contribution in [0.15, 0.2) is 16.5 Å². The number of nitrogens with zero attached hydrogens (tertiary/aromatic N) is 1. The van der Waals surface area contributed by atoms with E-state index in [1.54, 1.807) is 0 Å². The van der Waals surface area contributed by atoms with Crippen molar-refractivity contribution in [3.05, 3.63) is 28.9 Å².